The van der Waals surface area contributed by atoms with Crippen molar-refractivity contribution in [2.75, 3.05) is 20.2 Å². The maximum absolute atomic E-state index is 9.77. The van der Waals surface area contributed by atoms with Crippen LogP contribution in [0.3, 0.4) is 0 Å². The lowest BCUT2D eigenvalue weighted by Crippen LogP contribution is -2.61. The summed E-state index contributed by atoms with van der Waals surface area (Å²) in [5, 5.41) is 32.5. The topological polar surface area (TPSA) is 128 Å². The predicted molar refractivity (Wildman–Crippen MR) is 138 cm³/mol. The quantitative estimate of drug-likeness (QED) is 0.447. The Morgan fingerprint density at radius 1 is 1.03 bits per heavy atom. The summed E-state index contributed by atoms with van der Waals surface area (Å²) >= 11 is 0. The smallest absolute Gasteiger partial charge is 0.335 e. The van der Waals surface area contributed by atoms with E-state index in [2.05, 4.69) is 53.4 Å². The summed E-state index contributed by atoms with van der Waals surface area (Å²) in [6, 6.07) is 18.6. The highest BCUT2D eigenvalue weighted by Gasteiger charge is 2.53. The Kier molecular flexibility index (Phi) is 8.52. The average Bonchev–Trinajstić information content (AvgIpc) is 2.92. The number of aliphatic carboxylic acids is 2. The molecule has 2 aliphatic carbocycles. The number of hydrogen-bond donors (Lipinski definition) is 4. The van der Waals surface area contributed by atoms with Crippen LogP contribution in [0.25, 0.3) is 0 Å². The van der Waals surface area contributed by atoms with Gasteiger partial charge in [-0.2, -0.15) is 0 Å². The highest BCUT2D eigenvalue weighted by molar-refractivity contribution is 5.83. The molecule has 200 valence electrons. The van der Waals surface area contributed by atoms with E-state index in [1.54, 1.807) is 18.2 Å². The van der Waals surface area contributed by atoms with E-state index < -0.39 is 24.1 Å². The number of likely N-dealkylation sites (tertiary alicyclic amines) is 1. The van der Waals surface area contributed by atoms with Crippen LogP contribution in [0.4, 0.5) is 0 Å². The zero-order valence-electron chi connectivity index (χ0n) is 21.3. The molecule has 0 radical (unpaired) electrons. The molecule has 0 amide bonds. The molecule has 4 N–H and O–H groups in total. The van der Waals surface area contributed by atoms with Crippen LogP contribution in [0.5, 0.6) is 5.75 Å². The van der Waals surface area contributed by atoms with Crippen molar-refractivity contribution >= 4 is 11.9 Å². The van der Waals surface area contributed by atoms with Crippen LogP contribution in [0.15, 0.2) is 48.5 Å². The molecule has 3 aliphatic rings. The first-order valence-electron chi connectivity index (χ1n) is 13.0. The number of nitrogens with zero attached hydrogens (tertiary/aromatic N) is 1. The number of aliphatic hydroxyl groups is 2. The first kappa shape index (κ1) is 27.1. The highest BCUT2D eigenvalue weighted by Crippen LogP contribution is 2.56. The first-order chi connectivity index (χ1) is 17.8. The van der Waals surface area contributed by atoms with Crippen molar-refractivity contribution in [1.29, 1.82) is 0 Å². The molecule has 37 heavy (non-hydrogen) atoms. The number of ether oxygens (including phenoxy) is 1. The molecule has 5 rings (SSSR count). The van der Waals surface area contributed by atoms with Crippen molar-refractivity contribution in [1.82, 2.24) is 4.90 Å². The van der Waals surface area contributed by atoms with Gasteiger partial charge in [0.1, 0.15) is 5.75 Å². The number of carbonyl (C=O) groups is 2. The number of carboxylic acid groups (broad SMARTS) is 2. The van der Waals surface area contributed by atoms with E-state index in [1.807, 2.05) is 0 Å². The molecule has 2 fully saturated rings. The van der Waals surface area contributed by atoms with Crippen LogP contribution in [-0.4, -0.2) is 75.7 Å². The summed E-state index contributed by atoms with van der Waals surface area (Å²) in [4.78, 5) is 22.4. The molecule has 0 aromatic heterocycles. The van der Waals surface area contributed by atoms with Gasteiger partial charge in [0, 0.05) is 18.0 Å². The van der Waals surface area contributed by atoms with Crippen LogP contribution >= 0.6 is 0 Å². The lowest BCUT2D eigenvalue weighted by atomic mass is 9.52. The van der Waals surface area contributed by atoms with Crippen molar-refractivity contribution in [3.63, 3.8) is 0 Å². The van der Waals surface area contributed by atoms with Crippen LogP contribution in [0, 0.1) is 5.92 Å². The minimum Gasteiger partial charge on any atom is -0.497 e. The third kappa shape index (κ3) is 5.66. The molecular weight excluding hydrogens is 474 g/mol. The molecule has 1 saturated carbocycles. The Morgan fingerprint density at radius 2 is 1.73 bits per heavy atom. The van der Waals surface area contributed by atoms with Gasteiger partial charge < -0.3 is 25.2 Å². The van der Waals surface area contributed by atoms with Gasteiger partial charge in [0.2, 0.25) is 0 Å². The van der Waals surface area contributed by atoms with Crippen LogP contribution in [0.2, 0.25) is 0 Å². The summed E-state index contributed by atoms with van der Waals surface area (Å²) in [6.45, 7) is 2.46. The molecule has 1 heterocycles. The van der Waals surface area contributed by atoms with Gasteiger partial charge in [0.05, 0.1) is 7.11 Å². The third-order valence-corrected chi connectivity index (χ3v) is 8.49. The average molecular weight is 512 g/mol. The summed E-state index contributed by atoms with van der Waals surface area (Å²) in [6.07, 6.45) is 4.77. The second-order valence-corrected chi connectivity index (χ2v) is 10.4. The molecule has 8 heteroatoms. The molecule has 8 nitrogen and oxygen atoms in total. The summed E-state index contributed by atoms with van der Waals surface area (Å²) < 4.78 is 5.59. The number of hydrogen-bond acceptors (Lipinski definition) is 6. The second-order valence-electron chi connectivity index (χ2n) is 10.4. The van der Waals surface area contributed by atoms with Gasteiger partial charge in [-0.25, -0.2) is 9.59 Å². The van der Waals surface area contributed by atoms with Gasteiger partial charge in [0.25, 0.3) is 0 Å². The van der Waals surface area contributed by atoms with Crippen molar-refractivity contribution in [2.24, 2.45) is 5.92 Å². The minimum atomic E-state index is -2.27. The maximum atomic E-state index is 9.77. The number of piperidine rings is 1. The normalized spacial score (nSPS) is 25.9. The van der Waals surface area contributed by atoms with E-state index in [9.17, 15) is 9.59 Å². The Balaban J connectivity index is 0.000000275. The van der Waals surface area contributed by atoms with Gasteiger partial charge in [0.15, 0.2) is 12.2 Å². The van der Waals surface area contributed by atoms with Gasteiger partial charge in [-0.1, -0.05) is 49.2 Å². The Bertz CT molecular complexity index is 1070. The van der Waals surface area contributed by atoms with E-state index in [1.165, 1.54) is 63.6 Å². The summed E-state index contributed by atoms with van der Waals surface area (Å²) in [5.74, 6) is -1.67. The van der Waals surface area contributed by atoms with E-state index in [0.717, 1.165) is 17.7 Å². The Hall–Kier alpha value is -2.94. The molecular formula is C29H37NO7. The second kappa shape index (κ2) is 11.6. The molecule has 2 aromatic carbocycles. The number of carboxylic acids is 2. The largest absolute Gasteiger partial charge is 0.497 e. The summed E-state index contributed by atoms with van der Waals surface area (Å²) in [7, 11) is 1.80. The van der Waals surface area contributed by atoms with E-state index >= 15 is 0 Å². The molecule has 1 saturated heterocycles. The van der Waals surface area contributed by atoms with Gasteiger partial charge >= 0.3 is 11.9 Å². The number of benzene rings is 2. The third-order valence-electron chi connectivity index (χ3n) is 8.49. The van der Waals surface area contributed by atoms with Crippen LogP contribution < -0.4 is 4.74 Å². The zero-order chi connectivity index (χ0) is 26.6. The van der Waals surface area contributed by atoms with Crippen LogP contribution in [-0.2, 0) is 27.8 Å². The zero-order valence-corrected chi connectivity index (χ0v) is 21.3. The van der Waals surface area contributed by atoms with Gasteiger partial charge in [-0.15, -0.1) is 0 Å². The predicted octanol–water partition coefficient (Wildman–Crippen LogP) is 2.87. The Morgan fingerprint density at radius 3 is 2.38 bits per heavy atom. The van der Waals surface area contributed by atoms with Crippen molar-refractivity contribution < 1.29 is 34.8 Å². The lowest BCUT2D eigenvalue weighted by Gasteiger charge is -2.59. The fourth-order valence-corrected chi connectivity index (χ4v) is 6.66. The molecule has 5 atom stereocenters. The number of rotatable bonds is 7. The number of fused-ring (bicyclic) bond motifs is 1. The highest BCUT2D eigenvalue weighted by atomic mass is 16.5. The standard InChI is InChI=1S/C25H31NO.C4H6O6/c1-27-21-11-10-20-17-24-22-9-5-6-13-25(22,23(20)18-21)14-16-26(24)15-12-19-7-3-2-4-8-19;5-1(3(7)8)2(6)4(9)10/h2-4,7-8,10-11,18,22,24H,5-6,9,12-17H2,1H3;1-2,5-6H,(H,7,8)(H,9,10)/t22-,24-,25-;1-,2-/m11/s1. The molecule has 0 spiro atoms. The monoisotopic (exact) mass is 511 g/mol. The number of aliphatic hydroxyl groups excluding tert-OH is 2. The fraction of sp³-hybridized carbons (Fsp3) is 0.517. The fourth-order valence-electron chi connectivity index (χ4n) is 6.66. The molecule has 0 unspecified atom stereocenters. The first-order valence-corrected chi connectivity index (χ1v) is 13.0. The van der Waals surface area contributed by atoms with Crippen LogP contribution in [0.1, 0.15) is 48.8 Å². The minimum absolute atomic E-state index is 0.411. The summed E-state index contributed by atoms with van der Waals surface area (Å²) in [5.41, 5.74) is 5.10. The maximum Gasteiger partial charge on any atom is 0.335 e. The molecule has 1 aliphatic heterocycles. The van der Waals surface area contributed by atoms with Crippen molar-refractivity contribution in [3.05, 3.63) is 65.2 Å². The van der Waals surface area contributed by atoms with E-state index in [4.69, 9.17) is 25.2 Å². The molecule has 2 aromatic rings. The van der Waals surface area contributed by atoms with Gasteiger partial charge in [-0.05, 0) is 73.4 Å². The Labute approximate surface area is 217 Å². The van der Waals surface area contributed by atoms with Crippen molar-refractivity contribution in [3.8, 4) is 5.75 Å². The lowest BCUT2D eigenvalue weighted by molar-refractivity contribution is -0.165. The number of methoxy groups -OCH3 is 1. The van der Waals surface area contributed by atoms with Gasteiger partial charge in [-0.3, -0.25) is 4.90 Å². The van der Waals surface area contributed by atoms with E-state index in [-0.39, 0.29) is 0 Å². The van der Waals surface area contributed by atoms with E-state index in [0.29, 0.717) is 5.41 Å². The molecule has 2 bridgehead atoms. The van der Waals surface area contributed by atoms with Crippen molar-refractivity contribution in [2.45, 2.75) is 68.6 Å². The SMILES string of the molecule is COc1ccc2c(c1)[C@@]13CCCC[C@@H]1[C@@H](C2)N(CCc1ccccc1)CC3.O=C(O)[C@H](O)[C@@H](O)C(=O)O.